The van der Waals surface area contributed by atoms with Gasteiger partial charge in [-0.25, -0.2) is 13.2 Å². The van der Waals surface area contributed by atoms with Gasteiger partial charge in [0.2, 0.25) is 9.84 Å². The summed E-state index contributed by atoms with van der Waals surface area (Å²) in [6, 6.07) is 4.62. The van der Waals surface area contributed by atoms with Gasteiger partial charge < -0.3 is 5.11 Å². The lowest BCUT2D eigenvalue weighted by Gasteiger charge is -2.12. The average Bonchev–Trinajstić information content (AvgIpc) is 2.13. The molecule has 1 aromatic rings. The van der Waals surface area contributed by atoms with Gasteiger partial charge >= 0.3 is 11.2 Å². The van der Waals surface area contributed by atoms with Crippen LogP contribution in [-0.2, 0) is 20.4 Å². The molecule has 100 valence electrons. The standard InChI is InChI=1S/C11H12F2O4S/c1-7-3-8(2)5-9(4-7)6-18(16,17)11(12,13)10(14)15/h3-5H,6H2,1-2H3,(H,14,15). The van der Waals surface area contributed by atoms with Gasteiger partial charge in [-0.05, 0) is 19.4 Å². The zero-order valence-electron chi connectivity index (χ0n) is 9.78. The van der Waals surface area contributed by atoms with Crippen molar-refractivity contribution in [1.82, 2.24) is 0 Å². The van der Waals surface area contributed by atoms with Gasteiger partial charge in [0.15, 0.2) is 0 Å². The zero-order chi connectivity index (χ0) is 14.1. The smallest absolute Gasteiger partial charge is 0.440 e. The minimum absolute atomic E-state index is 0.147. The molecule has 1 N–H and O–H groups in total. The number of rotatable bonds is 4. The van der Waals surface area contributed by atoms with Crippen LogP contribution >= 0.6 is 0 Å². The maximum Gasteiger partial charge on any atom is 0.440 e. The van der Waals surface area contributed by atoms with E-state index in [9.17, 15) is 22.0 Å². The number of carbonyl (C=O) groups is 1. The molecule has 0 radical (unpaired) electrons. The summed E-state index contributed by atoms with van der Waals surface area (Å²) in [5, 5.41) is 3.46. The van der Waals surface area contributed by atoms with Gasteiger partial charge in [-0.1, -0.05) is 29.3 Å². The van der Waals surface area contributed by atoms with E-state index in [0.29, 0.717) is 0 Å². The van der Waals surface area contributed by atoms with Crippen LogP contribution in [0.2, 0.25) is 0 Å². The number of carboxylic acid groups (broad SMARTS) is 1. The Morgan fingerprint density at radius 3 is 2.06 bits per heavy atom. The van der Waals surface area contributed by atoms with Gasteiger partial charge in [-0.2, -0.15) is 8.78 Å². The van der Waals surface area contributed by atoms with Crippen LogP contribution in [0.5, 0.6) is 0 Å². The predicted molar refractivity (Wildman–Crippen MR) is 61.1 cm³/mol. The molecular weight excluding hydrogens is 266 g/mol. The summed E-state index contributed by atoms with van der Waals surface area (Å²) in [6.45, 7) is 3.39. The first-order chi connectivity index (χ1) is 8.06. The third kappa shape index (κ3) is 2.84. The van der Waals surface area contributed by atoms with E-state index in [-0.39, 0.29) is 5.56 Å². The first kappa shape index (κ1) is 14.6. The largest absolute Gasteiger partial charge is 0.476 e. The Bertz CT molecular complexity index is 558. The number of benzene rings is 1. The van der Waals surface area contributed by atoms with Gasteiger partial charge in [0, 0.05) is 0 Å². The Labute approximate surface area is 103 Å². The molecule has 0 saturated heterocycles. The molecule has 0 aromatic heterocycles. The summed E-state index contributed by atoms with van der Waals surface area (Å²) in [7, 11) is -5.08. The highest BCUT2D eigenvalue weighted by molar-refractivity contribution is 7.92. The fourth-order valence-corrected chi connectivity index (χ4v) is 2.65. The number of sulfone groups is 1. The average molecular weight is 278 g/mol. The van der Waals surface area contributed by atoms with E-state index in [2.05, 4.69) is 0 Å². The molecule has 7 heteroatoms. The third-order valence-corrected chi connectivity index (χ3v) is 3.95. The fraction of sp³-hybridized carbons (Fsp3) is 0.364. The van der Waals surface area contributed by atoms with Crippen molar-refractivity contribution in [2.75, 3.05) is 0 Å². The molecule has 0 aliphatic carbocycles. The molecule has 0 amide bonds. The highest BCUT2D eigenvalue weighted by Gasteiger charge is 2.52. The van der Waals surface area contributed by atoms with Crippen LogP contribution < -0.4 is 0 Å². The maximum absolute atomic E-state index is 13.0. The Morgan fingerprint density at radius 1 is 1.22 bits per heavy atom. The number of carboxylic acids is 1. The molecule has 0 spiro atoms. The molecule has 4 nitrogen and oxygen atoms in total. The molecule has 0 heterocycles. The van der Waals surface area contributed by atoms with Crippen LogP contribution in [0.1, 0.15) is 16.7 Å². The first-order valence-electron chi connectivity index (χ1n) is 4.97. The molecule has 0 fully saturated rings. The summed E-state index contributed by atoms with van der Waals surface area (Å²) in [6.07, 6.45) is 0. The number of hydrogen-bond donors (Lipinski definition) is 1. The van der Waals surface area contributed by atoms with Crippen LogP contribution in [0.3, 0.4) is 0 Å². The van der Waals surface area contributed by atoms with Crippen molar-refractivity contribution in [2.45, 2.75) is 24.9 Å². The van der Waals surface area contributed by atoms with Crippen LogP contribution in [0.15, 0.2) is 18.2 Å². The lowest BCUT2D eigenvalue weighted by Crippen LogP contribution is -2.38. The minimum atomic E-state index is -5.08. The van der Waals surface area contributed by atoms with Crippen molar-refractivity contribution >= 4 is 15.8 Å². The lowest BCUT2D eigenvalue weighted by atomic mass is 10.1. The van der Waals surface area contributed by atoms with E-state index >= 15 is 0 Å². The quantitative estimate of drug-likeness (QED) is 0.913. The predicted octanol–water partition coefficient (Wildman–Crippen LogP) is 1.90. The summed E-state index contributed by atoms with van der Waals surface area (Å²) in [4.78, 5) is 10.3. The van der Waals surface area contributed by atoms with E-state index in [0.717, 1.165) is 11.1 Å². The molecule has 0 saturated carbocycles. The molecule has 0 unspecified atom stereocenters. The van der Waals surface area contributed by atoms with E-state index in [1.165, 1.54) is 12.1 Å². The minimum Gasteiger partial charge on any atom is -0.476 e. The Hall–Kier alpha value is -1.50. The highest BCUT2D eigenvalue weighted by Crippen LogP contribution is 2.26. The zero-order valence-corrected chi connectivity index (χ0v) is 10.6. The number of alkyl halides is 2. The Kier molecular flexibility index (Phi) is 3.75. The topological polar surface area (TPSA) is 71.4 Å². The normalized spacial score (nSPS) is 12.4. The summed E-state index contributed by atoms with van der Waals surface area (Å²) >= 11 is 0. The van der Waals surface area contributed by atoms with Crippen molar-refractivity contribution in [3.63, 3.8) is 0 Å². The summed E-state index contributed by atoms with van der Waals surface area (Å²) in [5.41, 5.74) is 1.59. The third-order valence-electron chi connectivity index (χ3n) is 2.28. The second-order valence-corrected chi connectivity index (χ2v) is 6.11. The van der Waals surface area contributed by atoms with Gasteiger partial charge in [0.1, 0.15) is 0 Å². The van der Waals surface area contributed by atoms with Crippen molar-refractivity contribution in [3.05, 3.63) is 34.9 Å². The number of hydrogen-bond acceptors (Lipinski definition) is 3. The van der Waals surface area contributed by atoms with Gasteiger partial charge in [-0.15, -0.1) is 0 Å². The van der Waals surface area contributed by atoms with Gasteiger partial charge in [0.25, 0.3) is 0 Å². The van der Waals surface area contributed by atoms with Crippen LogP contribution in [-0.4, -0.2) is 24.7 Å². The highest BCUT2D eigenvalue weighted by atomic mass is 32.2. The van der Waals surface area contributed by atoms with Crippen molar-refractivity contribution in [3.8, 4) is 0 Å². The van der Waals surface area contributed by atoms with Crippen molar-refractivity contribution in [1.29, 1.82) is 0 Å². The SMILES string of the molecule is Cc1cc(C)cc(CS(=O)(=O)C(F)(F)C(=O)O)c1. The molecule has 0 atom stereocenters. The first-order valence-corrected chi connectivity index (χ1v) is 6.62. The van der Waals surface area contributed by atoms with E-state index in [1.807, 2.05) is 0 Å². The van der Waals surface area contributed by atoms with Crippen molar-refractivity contribution in [2.24, 2.45) is 0 Å². The van der Waals surface area contributed by atoms with Gasteiger partial charge in [0.05, 0.1) is 5.75 Å². The molecule has 0 bridgehead atoms. The second kappa shape index (κ2) is 4.64. The molecule has 18 heavy (non-hydrogen) atoms. The number of aryl methyl sites for hydroxylation is 2. The van der Waals surface area contributed by atoms with E-state index < -0.39 is 26.8 Å². The Morgan fingerprint density at radius 2 is 1.67 bits per heavy atom. The second-order valence-electron chi connectivity index (χ2n) is 4.08. The molecule has 1 rings (SSSR count). The Balaban J connectivity index is 3.14. The summed E-state index contributed by atoms with van der Waals surface area (Å²) < 4.78 is 48.8. The van der Waals surface area contributed by atoms with E-state index in [1.54, 1.807) is 19.9 Å². The molecule has 1 aromatic carbocycles. The van der Waals surface area contributed by atoms with Crippen LogP contribution in [0, 0.1) is 13.8 Å². The fourth-order valence-electron chi connectivity index (χ4n) is 1.60. The number of halogens is 2. The van der Waals surface area contributed by atoms with Crippen LogP contribution in [0.25, 0.3) is 0 Å². The lowest BCUT2D eigenvalue weighted by molar-refractivity contribution is -0.153. The monoisotopic (exact) mass is 278 g/mol. The van der Waals surface area contributed by atoms with Crippen molar-refractivity contribution < 1.29 is 27.1 Å². The number of aliphatic carboxylic acids is 1. The molecular formula is C11H12F2O4S. The molecule has 0 aliphatic rings. The van der Waals surface area contributed by atoms with Gasteiger partial charge in [-0.3, -0.25) is 0 Å². The maximum atomic E-state index is 13.0. The van der Waals surface area contributed by atoms with E-state index in [4.69, 9.17) is 5.11 Å². The van der Waals surface area contributed by atoms with Crippen LogP contribution in [0.4, 0.5) is 8.78 Å². The summed E-state index contributed by atoms with van der Waals surface area (Å²) in [5.74, 6) is -3.67. The molecule has 0 aliphatic heterocycles.